The van der Waals surface area contributed by atoms with Crippen molar-refractivity contribution >= 4 is 27.2 Å². The SMILES string of the molecule is Cc1cccc(C)c1C(=O)c1sc2cc(O)ccc2c1-c1ccc(-c2nc(O)co2)cc1. The molecule has 0 bridgehead atoms. The van der Waals surface area contributed by atoms with Crippen molar-refractivity contribution < 1.29 is 19.4 Å². The van der Waals surface area contributed by atoms with E-state index in [1.54, 1.807) is 12.1 Å². The number of carbonyl (C=O) groups excluding carboxylic acids is 1. The van der Waals surface area contributed by atoms with Crippen molar-refractivity contribution in [1.82, 2.24) is 4.98 Å². The summed E-state index contributed by atoms with van der Waals surface area (Å²) in [6.45, 7) is 3.89. The number of phenols is 1. The van der Waals surface area contributed by atoms with Crippen LogP contribution in [-0.2, 0) is 0 Å². The van der Waals surface area contributed by atoms with Gasteiger partial charge < -0.3 is 14.6 Å². The van der Waals surface area contributed by atoms with E-state index in [0.29, 0.717) is 21.9 Å². The van der Waals surface area contributed by atoms with Gasteiger partial charge in [-0.3, -0.25) is 4.79 Å². The van der Waals surface area contributed by atoms with Crippen LogP contribution in [0.25, 0.3) is 32.7 Å². The zero-order chi connectivity index (χ0) is 22.4. The summed E-state index contributed by atoms with van der Waals surface area (Å²) in [5, 5.41) is 20.3. The first-order valence-electron chi connectivity index (χ1n) is 10.0. The van der Waals surface area contributed by atoms with Crippen molar-refractivity contribution in [2.45, 2.75) is 13.8 Å². The summed E-state index contributed by atoms with van der Waals surface area (Å²) in [5.41, 5.74) is 4.99. The predicted molar refractivity (Wildman–Crippen MR) is 125 cm³/mol. The number of hydrogen-bond acceptors (Lipinski definition) is 6. The maximum atomic E-state index is 13.7. The molecule has 0 spiro atoms. The molecule has 5 aromatic rings. The highest BCUT2D eigenvalue weighted by Gasteiger charge is 2.23. The number of rotatable bonds is 4. The van der Waals surface area contributed by atoms with Crippen LogP contribution in [0.2, 0.25) is 0 Å². The third-order valence-corrected chi connectivity index (χ3v) is 6.65. The first-order chi connectivity index (χ1) is 15.4. The van der Waals surface area contributed by atoms with E-state index in [2.05, 4.69) is 4.98 Å². The Bertz CT molecular complexity index is 1460. The lowest BCUT2D eigenvalue weighted by Crippen LogP contribution is -2.05. The molecular formula is C26H19NO4S. The fourth-order valence-corrected chi connectivity index (χ4v) is 5.20. The molecule has 0 amide bonds. The van der Waals surface area contributed by atoms with Gasteiger partial charge in [0.25, 0.3) is 5.88 Å². The molecular weight excluding hydrogens is 422 g/mol. The van der Waals surface area contributed by atoms with E-state index < -0.39 is 0 Å². The van der Waals surface area contributed by atoms with E-state index in [9.17, 15) is 15.0 Å². The Morgan fingerprint density at radius 3 is 2.28 bits per heavy atom. The predicted octanol–water partition coefficient (Wildman–Crippen LogP) is 6.48. The number of nitrogens with zero attached hydrogens (tertiary/aromatic N) is 1. The molecule has 3 aromatic carbocycles. The second-order valence-corrected chi connectivity index (χ2v) is 8.72. The van der Waals surface area contributed by atoms with Gasteiger partial charge in [0.15, 0.2) is 6.26 Å². The number of thiophene rings is 1. The molecule has 5 rings (SSSR count). The number of oxazole rings is 1. The van der Waals surface area contributed by atoms with Crippen LogP contribution < -0.4 is 0 Å². The lowest BCUT2D eigenvalue weighted by Gasteiger charge is -2.10. The minimum atomic E-state index is -0.172. The van der Waals surface area contributed by atoms with Crippen molar-refractivity contribution in [1.29, 1.82) is 0 Å². The van der Waals surface area contributed by atoms with E-state index in [4.69, 9.17) is 4.42 Å². The van der Waals surface area contributed by atoms with Gasteiger partial charge in [-0.2, -0.15) is 4.98 Å². The van der Waals surface area contributed by atoms with E-state index in [0.717, 1.165) is 32.3 Å². The second-order valence-electron chi connectivity index (χ2n) is 7.67. The Hall–Kier alpha value is -3.90. The molecule has 5 nitrogen and oxygen atoms in total. The highest BCUT2D eigenvalue weighted by atomic mass is 32.1. The molecule has 0 atom stereocenters. The summed E-state index contributed by atoms with van der Waals surface area (Å²) < 4.78 is 6.11. The van der Waals surface area contributed by atoms with Gasteiger partial charge in [0.1, 0.15) is 5.75 Å². The molecule has 0 aliphatic heterocycles. The van der Waals surface area contributed by atoms with Crippen LogP contribution in [0.15, 0.2) is 71.3 Å². The lowest BCUT2D eigenvalue weighted by molar-refractivity contribution is 0.104. The monoisotopic (exact) mass is 441 g/mol. The number of aromatic nitrogens is 1. The normalized spacial score (nSPS) is 11.2. The molecule has 0 unspecified atom stereocenters. The maximum absolute atomic E-state index is 13.7. The first kappa shape index (κ1) is 20.0. The molecule has 0 aliphatic rings. The molecule has 158 valence electrons. The molecule has 2 aromatic heterocycles. The summed E-state index contributed by atoms with van der Waals surface area (Å²) >= 11 is 1.38. The first-order valence-corrected chi connectivity index (χ1v) is 10.9. The maximum Gasteiger partial charge on any atom is 0.250 e. The third-order valence-electron chi connectivity index (χ3n) is 5.50. The van der Waals surface area contributed by atoms with Crippen LogP contribution in [0.4, 0.5) is 0 Å². The van der Waals surface area contributed by atoms with Gasteiger partial charge in [0, 0.05) is 26.8 Å². The number of aryl methyl sites for hydroxylation is 2. The van der Waals surface area contributed by atoms with Crippen molar-refractivity contribution in [2.75, 3.05) is 0 Å². The topological polar surface area (TPSA) is 83.6 Å². The highest BCUT2D eigenvalue weighted by molar-refractivity contribution is 7.21. The Morgan fingerprint density at radius 2 is 1.62 bits per heavy atom. The number of hydrogen-bond donors (Lipinski definition) is 2. The third kappa shape index (κ3) is 3.35. The quantitative estimate of drug-likeness (QED) is 0.312. The van der Waals surface area contributed by atoms with Gasteiger partial charge in [-0.1, -0.05) is 30.3 Å². The van der Waals surface area contributed by atoms with Gasteiger partial charge in [-0.15, -0.1) is 11.3 Å². The summed E-state index contributed by atoms with van der Waals surface area (Å²) in [4.78, 5) is 18.3. The molecule has 2 heterocycles. The zero-order valence-electron chi connectivity index (χ0n) is 17.4. The molecule has 0 aliphatic carbocycles. The van der Waals surface area contributed by atoms with Gasteiger partial charge in [0.2, 0.25) is 11.7 Å². The van der Waals surface area contributed by atoms with E-state index in [1.165, 1.54) is 17.6 Å². The smallest absolute Gasteiger partial charge is 0.250 e. The van der Waals surface area contributed by atoms with Gasteiger partial charge >= 0.3 is 0 Å². The molecule has 0 saturated carbocycles. The summed E-state index contributed by atoms with van der Waals surface area (Å²) in [6.07, 6.45) is 1.18. The van der Waals surface area contributed by atoms with Crippen molar-refractivity contribution in [3.05, 3.63) is 88.5 Å². The fourth-order valence-electron chi connectivity index (χ4n) is 4.00. The molecule has 2 N–H and O–H groups in total. The average Bonchev–Trinajstić information content (AvgIpc) is 3.37. The molecule has 0 radical (unpaired) electrons. The number of aromatic hydroxyl groups is 2. The van der Waals surface area contributed by atoms with E-state index in [-0.39, 0.29) is 17.4 Å². The van der Waals surface area contributed by atoms with Crippen LogP contribution in [0.3, 0.4) is 0 Å². The van der Waals surface area contributed by atoms with Crippen molar-refractivity contribution in [3.63, 3.8) is 0 Å². The van der Waals surface area contributed by atoms with Crippen LogP contribution in [0.5, 0.6) is 11.6 Å². The minimum absolute atomic E-state index is 0.0296. The lowest BCUT2D eigenvalue weighted by atomic mass is 9.93. The van der Waals surface area contributed by atoms with E-state index >= 15 is 0 Å². The Morgan fingerprint density at radius 1 is 0.938 bits per heavy atom. The summed E-state index contributed by atoms with van der Waals surface area (Å²) in [7, 11) is 0. The van der Waals surface area contributed by atoms with Crippen LogP contribution >= 0.6 is 11.3 Å². The molecule has 32 heavy (non-hydrogen) atoms. The average molecular weight is 442 g/mol. The molecule has 0 fully saturated rings. The highest BCUT2D eigenvalue weighted by Crippen LogP contribution is 2.42. The standard InChI is InChI=1S/C26H19NO4S/c1-14-4-3-5-15(2)22(14)24(30)25-23(19-11-10-18(28)12-20(19)32-25)16-6-8-17(9-7-16)26-27-21(29)13-31-26/h3-13,28-29H,1-2H3. The summed E-state index contributed by atoms with van der Waals surface area (Å²) in [5.74, 6) is 0.281. The molecule has 6 heteroatoms. The van der Waals surface area contributed by atoms with Crippen molar-refractivity contribution in [2.24, 2.45) is 0 Å². The van der Waals surface area contributed by atoms with Crippen LogP contribution in [0.1, 0.15) is 26.4 Å². The van der Waals surface area contributed by atoms with Crippen molar-refractivity contribution in [3.8, 4) is 34.2 Å². The van der Waals surface area contributed by atoms with E-state index in [1.807, 2.05) is 62.4 Å². The van der Waals surface area contributed by atoms with Gasteiger partial charge in [0.05, 0.1) is 4.88 Å². The number of phenolic OH excluding ortho intramolecular Hbond substituents is 1. The Balaban J connectivity index is 1.69. The fraction of sp³-hybridized carbons (Fsp3) is 0.0769. The number of fused-ring (bicyclic) bond motifs is 1. The number of ketones is 1. The molecule has 0 saturated heterocycles. The van der Waals surface area contributed by atoms with Gasteiger partial charge in [-0.25, -0.2) is 0 Å². The summed E-state index contributed by atoms with van der Waals surface area (Å²) in [6, 6.07) is 18.5. The second kappa shape index (κ2) is 7.66. The van der Waals surface area contributed by atoms with Gasteiger partial charge in [-0.05, 0) is 60.9 Å². The largest absolute Gasteiger partial charge is 0.508 e. The van der Waals surface area contributed by atoms with Crippen LogP contribution in [0, 0.1) is 13.8 Å². The minimum Gasteiger partial charge on any atom is -0.508 e. The zero-order valence-corrected chi connectivity index (χ0v) is 18.2. The Labute approximate surface area is 188 Å². The van der Waals surface area contributed by atoms with Crippen LogP contribution in [-0.4, -0.2) is 21.0 Å². The number of benzene rings is 3. The number of carbonyl (C=O) groups is 1. The Kier molecular flexibility index (Phi) is 4.79.